The molecule has 10 heavy (non-hydrogen) atoms. The summed E-state index contributed by atoms with van der Waals surface area (Å²) in [6.07, 6.45) is 2.92. The molecule has 1 N–H and O–H groups in total. The van der Waals surface area contributed by atoms with Crippen molar-refractivity contribution < 1.29 is 9.90 Å². The van der Waals surface area contributed by atoms with E-state index >= 15 is 0 Å². The summed E-state index contributed by atoms with van der Waals surface area (Å²) in [6, 6.07) is 0. The topological polar surface area (TPSA) is 37.3 Å². The molecule has 0 aromatic rings. The van der Waals surface area contributed by atoms with Gasteiger partial charge in [-0.1, -0.05) is 0 Å². The zero-order valence-corrected chi connectivity index (χ0v) is 6.34. The van der Waals surface area contributed by atoms with Gasteiger partial charge in [0.05, 0.1) is 0 Å². The third kappa shape index (κ3) is 1.57. The van der Waals surface area contributed by atoms with Crippen LogP contribution in [0.15, 0.2) is 0 Å². The van der Waals surface area contributed by atoms with Crippen molar-refractivity contribution in [1.82, 2.24) is 0 Å². The second-order valence-electron chi connectivity index (χ2n) is 3.17. The summed E-state index contributed by atoms with van der Waals surface area (Å²) in [4.78, 5) is 10.8. The summed E-state index contributed by atoms with van der Waals surface area (Å²) in [5.74, 6) is 0.932. The van der Waals surface area contributed by atoms with Crippen molar-refractivity contribution in [3.63, 3.8) is 0 Å². The molecule has 0 heterocycles. The zero-order valence-electron chi connectivity index (χ0n) is 6.34. The highest BCUT2D eigenvalue weighted by Crippen LogP contribution is 2.30. The van der Waals surface area contributed by atoms with Crippen LogP contribution in [0.1, 0.15) is 26.2 Å². The van der Waals surface area contributed by atoms with Gasteiger partial charge in [0.1, 0.15) is 5.78 Å². The van der Waals surface area contributed by atoms with Gasteiger partial charge in [0.25, 0.3) is 0 Å². The largest absolute Gasteiger partial charge is 0.396 e. The number of hydrogen-bond donors (Lipinski definition) is 1. The zero-order chi connectivity index (χ0) is 7.56. The highest BCUT2D eigenvalue weighted by Gasteiger charge is 2.26. The van der Waals surface area contributed by atoms with E-state index in [2.05, 4.69) is 0 Å². The molecule has 2 atom stereocenters. The lowest BCUT2D eigenvalue weighted by atomic mass is 10.0. The first-order valence-corrected chi connectivity index (χ1v) is 3.85. The monoisotopic (exact) mass is 142 g/mol. The summed E-state index contributed by atoms with van der Waals surface area (Å²) in [6.45, 7) is 1.90. The van der Waals surface area contributed by atoms with Gasteiger partial charge in [-0.2, -0.15) is 0 Å². The molecule has 0 spiro atoms. The fourth-order valence-corrected chi connectivity index (χ4v) is 1.61. The predicted octanol–water partition coefficient (Wildman–Crippen LogP) is 0.984. The fraction of sp³-hybridized carbons (Fsp3) is 0.875. The van der Waals surface area contributed by atoms with Crippen molar-refractivity contribution in [2.24, 2.45) is 11.8 Å². The van der Waals surface area contributed by atoms with E-state index in [4.69, 9.17) is 5.11 Å². The second kappa shape index (κ2) is 3.15. The Morgan fingerprint density at radius 3 is 2.60 bits per heavy atom. The molecule has 0 aromatic carbocycles. The minimum atomic E-state index is 0.247. The molecule has 1 aliphatic rings. The maximum absolute atomic E-state index is 10.8. The molecular formula is C8H14O2. The number of rotatable bonds is 2. The van der Waals surface area contributed by atoms with Crippen LogP contribution in [0, 0.1) is 11.8 Å². The Bertz CT molecular complexity index is 131. The molecule has 0 aliphatic heterocycles. The predicted molar refractivity (Wildman–Crippen MR) is 38.6 cm³/mol. The van der Waals surface area contributed by atoms with Crippen LogP contribution >= 0.6 is 0 Å². The molecule has 58 valence electrons. The summed E-state index contributed by atoms with van der Waals surface area (Å²) >= 11 is 0. The minimum Gasteiger partial charge on any atom is -0.396 e. The molecular weight excluding hydrogens is 128 g/mol. The van der Waals surface area contributed by atoms with Gasteiger partial charge in [-0.3, -0.25) is 4.79 Å². The van der Waals surface area contributed by atoms with Crippen LogP contribution in [-0.4, -0.2) is 17.5 Å². The molecule has 2 nitrogen and oxygen atoms in total. The van der Waals surface area contributed by atoms with E-state index in [9.17, 15) is 4.79 Å². The number of Topliss-reactive ketones (excluding diaryl/α,β-unsaturated/α-hetero) is 1. The number of ketones is 1. The maximum Gasteiger partial charge on any atom is 0.132 e. The highest BCUT2D eigenvalue weighted by molar-refractivity contribution is 5.78. The first-order valence-electron chi connectivity index (χ1n) is 3.85. The first kappa shape index (κ1) is 7.73. The number of aliphatic hydroxyl groups is 1. The third-order valence-electron chi connectivity index (χ3n) is 2.37. The first-order chi connectivity index (χ1) is 4.74. The van der Waals surface area contributed by atoms with Gasteiger partial charge in [-0.15, -0.1) is 0 Å². The van der Waals surface area contributed by atoms with Gasteiger partial charge in [0.2, 0.25) is 0 Å². The van der Waals surface area contributed by atoms with E-state index in [-0.39, 0.29) is 18.3 Å². The second-order valence-corrected chi connectivity index (χ2v) is 3.17. The third-order valence-corrected chi connectivity index (χ3v) is 2.37. The number of hydrogen-bond acceptors (Lipinski definition) is 2. The van der Waals surface area contributed by atoms with Gasteiger partial charge in [0.15, 0.2) is 0 Å². The van der Waals surface area contributed by atoms with Crippen LogP contribution in [-0.2, 0) is 4.79 Å². The van der Waals surface area contributed by atoms with Crippen molar-refractivity contribution in [1.29, 1.82) is 0 Å². The number of aliphatic hydroxyl groups excluding tert-OH is 1. The molecule has 0 aromatic heterocycles. The van der Waals surface area contributed by atoms with Crippen LogP contribution < -0.4 is 0 Å². The van der Waals surface area contributed by atoms with Crippen molar-refractivity contribution >= 4 is 5.78 Å². The van der Waals surface area contributed by atoms with Crippen molar-refractivity contribution in [2.45, 2.75) is 26.2 Å². The standard InChI is InChI=1S/C8H14O2/c1-6(10)8-3-2-7(4-8)5-9/h7-9H,2-5H2,1H3/t7-,8-/m0/s1. The van der Waals surface area contributed by atoms with Crippen molar-refractivity contribution in [3.05, 3.63) is 0 Å². The van der Waals surface area contributed by atoms with Crippen LogP contribution in [0.2, 0.25) is 0 Å². The normalized spacial score (nSPS) is 32.6. The van der Waals surface area contributed by atoms with E-state index < -0.39 is 0 Å². The molecule has 0 saturated heterocycles. The Kier molecular flexibility index (Phi) is 2.44. The van der Waals surface area contributed by atoms with Crippen LogP contribution in [0.5, 0.6) is 0 Å². The molecule has 0 bridgehead atoms. The van der Waals surface area contributed by atoms with E-state index in [0.29, 0.717) is 5.92 Å². The average Bonchev–Trinajstić information content (AvgIpc) is 2.34. The lowest BCUT2D eigenvalue weighted by Crippen LogP contribution is -2.07. The van der Waals surface area contributed by atoms with Gasteiger partial charge < -0.3 is 5.11 Å². The van der Waals surface area contributed by atoms with Gasteiger partial charge in [-0.05, 0) is 32.1 Å². The lowest BCUT2D eigenvalue weighted by molar-refractivity contribution is -0.120. The maximum atomic E-state index is 10.8. The highest BCUT2D eigenvalue weighted by atomic mass is 16.3. The van der Waals surface area contributed by atoms with Gasteiger partial charge in [-0.25, -0.2) is 0 Å². The van der Waals surface area contributed by atoms with E-state index in [1.54, 1.807) is 6.92 Å². The van der Waals surface area contributed by atoms with Crippen LogP contribution in [0.4, 0.5) is 0 Å². The van der Waals surface area contributed by atoms with E-state index in [0.717, 1.165) is 19.3 Å². The van der Waals surface area contributed by atoms with Crippen LogP contribution in [0.25, 0.3) is 0 Å². The van der Waals surface area contributed by atoms with Gasteiger partial charge in [0, 0.05) is 12.5 Å². The quantitative estimate of drug-likeness (QED) is 0.624. The average molecular weight is 142 g/mol. The summed E-state index contributed by atoms with van der Waals surface area (Å²) in [5, 5.41) is 8.75. The van der Waals surface area contributed by atoms with Crippen LogP contribution in [0.3, 0.4) is 0 Å². The summed E-state index contributed by atoms with van der Waals surface area (Å²) < 4.78 is 0. The molecule has 0 radical (unpaired) electrons. The Morgan fingerprint density at radius 1 is 1.60 bits per heavy atom. The van der Waals surface area contributed by atoms with Crippen molar-refractivity contribution in [3.8, 4) is 0 Å². The Morgan fingerprint density at radius 2 is 2.30 bits per heavy atom. The minimum absolute atomic E-state index is 0.247. The van der Waals surface area contributed by atoms with E-state index in [1.165, 1.54) is 0 Å². The molecule has 0 unspecified atom stereocenters. The van der Waals surface area contributed by atoms with E-state index in [1.807, 2.05) is 0 Å². The Balaban J connectivity index is 2.35. The molecule has 1 saturated carbocycles. The molecule has 2 heteroatoms. The smallest absolute Gasteiger partial charge is 0.132 e. The number of carbonyl (C=O) groups is 1. The molecule has 0 amide bonds. The Hall–Kier alpha value is -0.370. The molecule has 1 aliphatic carbocycles. The Labute approximate surface area is 61.2 Å². The lowest BCUT2D eigenvalue weighted by Gasteiger charge is -2.03. The SMILES string of the molecule is CC(=O)[C@H]1CC[C@H](CO)C1. The van der Waals surface area contributed by atoms with Gasteiger partial charge >= 0.3 is 0 Å². The van der Waals surface area contributed by atoms with Crippen molar-refractivity contribution in [2.75, 3.05) is 6.61 Å². The summed E-state index contributed by atoms with van der Waals surface area (Å²) in [5.41, 5.74) is 0. The summed E-state index contributed by atoms with van der Waals surface area (Å²) in [7, 11) is 0. The fourth-order valence-electron chi connectivity index (χ4n) is 1.61. The molecule has 1 rings (SSSR count). The number of carbonyl (C=O) groups excluding carboxylic acids is 1. The molecule has 1 fully saturated rings.